The van der Waals surface area contributed by atoms with Gasteiger partial charge in [0.15, 0.2) is 5.11 Å². The Morgan fingerprint density at radius 3 is 2.56 bits per heavy atom. The molecule has 0 amide bonds. The van der Waals surface area contributed by atoms with E-state index in [2.05, 4.69) is 24.7 Å². The highest BCUT2D eigenvalue weighted by atomic mass is 32.2. The predicted molar refractivity (Wildman–Crippen MR) is 106 cm³/mol. The van der Waals surface area contributed by atoms with Crippen molar-refractivity contribution in [2.24, 2.45) is 0 Å². The molecular weight excluding hydrogens is 356 g/mol. The van der Waals surface area contributed by atoms with Crippen LogP contribution < -0.4 is 15.5 Å². The van der Waals surface area contributed by atoms with Crippen molar-refractivity contribution < 1.29 is 13.3 Å². The third-order valence-corrected chi connectivity index (χ3v) is 6.58. The molecule has 2 rings (SSSR count). The fraction of sp³-hybridized carbons (Fsp3) is 0.588. The van der Waals surface area contributed by atoms with Gasteiger partial charge in [-0.1, -0.05) is 12.5 Å². The maximum absolute atomic E-state index is 12.9. The lowest BCUT2D eigenvalue weighted by atomic mass is 10.2. The van der Waals surface area contributed by atoms with Crippen LogP contribution in [0.5, 0.6) is 0 Å². The van der Waals surface area contributed by atoms with Gasteiger partial charge in [-0.25, -0.2) is 8.42 Å². The molecule has 3 N–H and O–H groups in total. The van der Waals surface area contributed by atoms with Crippen molar-refractivity contribution in [2.45, 2.75) is 31.1 Å². The molecule has 0 saturated carbocycles. The highest BCUT2D eigenvalue weighted by Gasteiger charge is 2.27. The van der Waals surface area contributed by atoms with Crippen LogP contribution in [0.4, 0.5) is 5.69 Å². The minimum absolute atomic E-state index is 0.361. The van der Waals surface area contributed by atoms with E-state index in [1.807, 2.05) is 19.1 Å². The number of thiocarbonyl (C=S) groups is 1. The normalized spacial score (nSPS) is 16.0. The topological polar surface area (TPSA) is 65.9 Å². The second kappa shape index (κ2) is 8.93. The molecule has 8 heteroatoms. The summed E-state index contributed by atoms with van der Waals surface area (Å²) in [6.07, 6.45) is 2.96. The summed E-state index contributed by atoms with van der Waals surface area (Å²) in [5, 5.41) is 6.73. The van der Waals surface area contributed by atoms with E-state index >= 15 is 0 Å². The summed E-state index contributed by atoms with van der Waals surface area (Å²) < 4.78 is 27.5. The number of hydrogen-bond acceptors (Lipinski definition) is 3. The number of anilines is 1. The summed E-state index contributed by atoms with van der Waals surface area (Å²) in [5.41, 5.74) is 1.45. The largest absolute Gasteiger partial charge is 0.357 e. The molecule has 0 bridgehead atoms. The van der Waals surface area contributed by atoms with Crippen molar-refractivity contribution in [1.29, 1.82) is 0 Å². The number of nitrogens with zero attached hydrogens (tertiary/aromatic N) is 1. The van der Waals surface area contributed by atoms with Gasteiger partial charge in [0.1, 0.15) is 0 Å². The minimum atomic E-state index is -3.45. The van der Waals surface area contributed by atoms with Crippen molar-refractivity contribution >= 4 is 33.0 Å². The summed E-state index contributed by atoms with van der Waals surface area (Å²) in [4.78, 5) is 1.69. The molecule has 25 heavy (non-hydrogen) atoms. The summed E-state index contributed by atoms with van der Waals surface area (Å²) >= 11 is 5.29. The van der Waals surface area contributed by atoms with Gasteiger partial charge >= 0.3 is 0 Å². The molecule has 0 aromatic heterocycles. The van der Waals surface area contributed by atoms with Crippen LogP contribution in [0, 0.1) is 6.92 Å². The van der Waals surface area contributed by atoms with Crippen LogP contribution in [0.3, 0.4) is 0 Å². The molecule has 1 aromatic carbocycles. The number of hydrogen-bond donors (Lipinski definition) is 3. The summed E-state index contributed by atoms with van der Waals surface area (Å²) in [6.45, 7) is 4.75. The zero-order valence-corrected chi connectivity index (χ0v) is 16.9. The SMILES string of the molecule is Cc1ccc(NC(=S)NCC[NH+](C)C)cc1S(=O)(=O)N1CCCCC1. The number of rotatable bonds is 6. The number of quaternary nitrogens is 1. The van der Waals surface area contributed by atoms with Crippen molar-refractivity contribution in [1.82, 2.24) is 9.62 Å². The van der Waals surface area contributed by atoms with Crippen molar-refractivity contribution in [3.63, 3.8) is 0 Å². The average molecular weight is 386 g/mol. The van der Waals surface area contributed by atoms with E-state index in [-0.39, 0.29) is 0 Å². The Hall–Kier alpha value is -1.22. The molecule has 0 unspecified atom stereocenters. The summed E-state index contributed by atoms with van der Waals surface area (Å²) in [6, 6.07) is 5.37. The Kier molecular flexibility index (Phi) is 7.18. The average Bonchev–Trinajstić information content (AvgIpc) is 2.57. The number of sulfonamides is 1. The number of piperidine rings is 1. The second-order valence-corrected chi connectivity index (χ2v) is 9.10. The molecule has 1 aliphatic heterocycles. The van der Waals surface area contributed by atoms with E-state index in [1.165, 1.54) is 4.90 Å². The van der Waals surface area contributed by atoms with Crippen LogP contribution in [0.15, 0.2) is 23.1 Å². The number of benzene rings is 1. The first-order valence-electron chi connectivity index (χ1n) is 8.75. The van der Waals surface area contributed by atoms with Crippen LogP contribution in [-0.4, -0.2) is 58.1 Å². The highest BCUT2D eigenvalue weighted by Crippen LogP contribution is 2.25. The van der Waals surface area contributed by atoms with Gasteiger partial charge < -0.3 is 15.5 Å². The molecule has 0 atom stereocenters. The lowest BCUT2D eigenvalue weighted by molar-refractivity contribution is -0.856. The molecule has 1 heterocycles. The van der Waals surface area contributed by atoms with Crippen LogP contribution in [0.2, 0.25) is 0 Å². The Labute approximate surface area is 156 Å². The van der Waals surface area contributed by atoms with E-state index in [9.17, 15) is 8.42 Å². The zero-order chi connectivity index (χ0) is 18.4. The summed E-state index contributed by atoms with van der Waals surface area (Å²) in [5.74, 6) is 0. The fourth-order valence-corrected chi connectivity index (χ4v) is 4.79. The maximum atomic E-state index is 12.9. The Morgan fingerprint density at radius 1 is 1.24 bits per heavy atom. The van der Waals surface area contributed by atoms with Crippen LogP contribution >= 0.6 is 12.2 Å². The van der Waals surface area contributed by atoms with Crippen LogP contribution in [-0.2, 0) is 10.0 Å². The fourth-order valence-electron chi connectivity index (χ4n) is 2.80. The van der Waals surface area contributed by atoms with E-state index in [4.69, 9.17) is 12.2 Å². The van der Waals surface area contributed by atoms with Crippen LogP contribution in [0.25, 0.3) is 0 Å². The molecule has 0 spiro atoms. The van der Waals surface area contributed by atoms with E-state index in [1.54, 1.807) is 10.4 Å². The van der Waals surface area contributed by atoms with Gasteiger partial charge in [-0.15, -0.1) is 0 Å². The molecular formula is C17H29N4O2S2+. The quantitative estimate of drug-likeness (QED) is 0.626. The Balaban J connectivity index is 2.10. The van der Waals surface area contributed by atoms with Gasteiger partial charge in [0.2, 0.25) is 10.0 Å². The van der Waals surface area contributed by atoms with Crippen molar-refractivity contribution in [3.05, 3.63) is 23.8 Å². The molecule has 1 aromatic rings. The van der Waals surface area contributed by atoms with Gasteiger partial charge in [0, 0.05) is 18.8 Å². The Bertz CT molecular complexity index is 699. The maximum Gasteiger partial charge on any atom is 0.243 e. The van der Waals surface area contributed by atoms with E-state index in [0.717, 1.165) is 37.9 Å². The first kappa shape index (κ1) is 20.1. The predicted octanol–water partition coefficient (Wildman–Crippen LogP) is 0.601. The van der Waals surface area contributed by atoms with E-state index < -0.39 is 10.0 Å². The standard InChI is InChI=1S/C17H28N4O2S2/c1-14-7-8-15(19-17(24)18-9-12-20(2)3)13-16(14)25(22,23)21-10-5-4-6-11-21/h7-8,13H,4-6,9-12H2,1-3H3,(H2,18,19,24)/p+1. The summed E-state index contributed by atoms with van der Waals surface area (Å²) in [7, 11) is 0.706. The number of likely N-dealkylation sites (N-methyl/N-ethyl adjacent to an activating group) is 1. The van der Waals surface area contributed by atoms with Gasteiger partial charge in [-0.05, 0) is 49.7 Å². The number of aryl methyl sites for hydroxylation is 1. The van der Waals surface area contributed by atoms with E-state index in [0.29, 0.717) is 28.8 Å². The third kappa shape index (κ3) is 5.64. The first-order valence-corrected chi connectivity index (χ1v) is 10.6. The lowest BCUT2D eigenvalue weighted by Gasteiger charge is -2.26. The van der Waals surface area contributed by atoms with Gasteiger partial charge in [0.25, 0.3) is 0 Å². The van der Waals surface area contributed by atoms with Crippen molar-refractivity contribution in [3.8, 4) is 0 Å². The smallest absolute Gasteiger partial charge is 0.243 e. The minimum Gasteiger partial charge on any atom is -0.357 e. The highest BCUT2D eigenvalue weighted by molar-refractivity contribution is 7.89. The Morgan fingerprint density at radius 2 is 1.92 bits per heavy atom. The first-order chi connectivity index (χ1) is 11.8. The molecule has 0 radical (unpaired) electrons. The molecule has 140 valence electrons. The zero-order valence-electron chi connectivity index (χ0n) is 15.3. The molecule has 1 saturated heterocycles. The molecule has 6 nitrogen and oxygen atoms in total. The lowest BCUT2D eigenvalue weighted by Crippen LogP contribution is -3.06. The third-order valence-electron chi connectivity index (χ3n) is 4.29. The van der Waals surface area contributed by atoms with Crippen molar-refractivity contribution in [2.75, 3.05) is 45.6 Å². The number of nitrogens with one attached hydrogen (secondary N) is 3. The van der Waals surface area contributed by atoms with Crippen LogP contribution in [0.1, 0.15) is 24.8 Å². The molecule has 1 fully saturated rings. The molecule has 1 aliphatic rings. The monoisotopic (exact) mass is 385 g/mol. The van der Waals surface area contributed by atoms with Gasteiger partial charge in [-0.3, -0.25) is 0 Å². The molecule has 0 aliphatic carbocycles. The van der Waals surface area contributed by atoms with Gasteiger partial charge in [0.05, 0.1) is 32.1 Å². The second-order valence-electron chi connectivity index (χ2n) is 6.78. The van der Waals surface area contributed by atoms with Gasteiger partial charge in [-0.2, -0.15) is 4.31 Å².